The fourth-order valence-electron chi connectivity index (χ4n) is 0.941. The lowest BCUT2D eigenvalue weighted by Crippen LogP contribution is -2.47. The summed E-state index contributed by atoms with van der Waals surface area (Å²) in [6, 6.07) is -0.346. The van der Waals surface area contributed by atoms with Gasteiger partial charge in [0.25, 0.3) is 0 Å². The molecule has 0 fully saturated rings. The molecular formula is C10H22N4O. The Balaban J connectivity index is 3.99. The third-order valence-corrected chi connectivity index (χ3v) is 1.74. The van der Waals surface area contributed by atoms with E-state index in [4.69, 9.17) is 5.73 Å². The maximum absolute atomic E-state index is 11.3. The summed E-state index contributed by atoms with van der Waals surface area (Å²) in [6.45, 7) is 9.03. The Labute approximate surface area is 91.5 Å². The maximum atomic E-state index is 11.3. The van der Waals surface area contributed by atoms with Crippen molar-refractivity contribution in [3.05, 3.63) is 0 Å². The number of likely N-dealkylation sites (N-methyl/N-ethyl adjacent to an activating group) is 1. The summed E-state index contributed by atoms with van der Waals surface area (Å²) in [5, 5.41) is 5.54. The van der Waals surface area contributed by atoms with E-state index in [9.17, 15) is 4.79 Å². The molecule has 4 N–H and O–H groups in total. The molecule has 0 spiro atoms. The van der Waals surface area contributed by atoms with Crippen molar-refractivity contribution in [3.8, 4) is 0 Å². The lowest BCUT2D eigenvalue weighted by atomic mass is 10.2. The number of nitrogens with zero attached hydrogens (tertiary/aromatic N) is 1. The van der Waals surface area contributed by atoms with Gasteiger partial charge in [-0.25, -0.2) is 0 Å². The summed E-state index contributed by atoms with van der Waals surface area (Å²) in [6.07, 6.45) is 0. The first-order valence-electron chi connectivity index (χ1n) is 5.31. The number of hydrogen-bond donors (Lipinski definition) is 3. The van der Waals surface area contributed by atoms with Gasteiger partial charge < -0.3 is 16.4 Å². The van der Waals surface area contributed by atoms with Gasteiger partial charge in [0.1, 0.15) is 6.04 Å². The summed E-state index contributed by atoms with van der Waals surface area (Å²) < 4.78 is 0. The number of hydrogen-bond acceptors (Lipinski definition) is 2. The SMILES string of the molecule is CCNC(=O)C(C)NC(N)=NCC(C)C. The minimum atomic E-state index is -0.346. The Hall–Kier alpha value is -1.26. The molecule has 0 saturated heterocycles. The minimum absolute atomic E-state index is 0.0693. The van der Waals surface area contributed by atoms with Crippen molar-refractivity contribution in [1.29, 1.82) is 0 Å². The highest BCUT2D eigenvalue weighted by atomic mass is 16.2. The van der Waals surface area contributed by atoms with Crippen LogP contribution in [-0.2, 0) is 4.79 Å². The van der Waals surface area contributed by atoms with Crippen LogP contribution in [0.15, 0.2) is 4.99 Å². The topological polar surface area (TPSA) is 79.5 Å². The van der Waals surface area contributed by atoms with Crippen LogP contribution in [0.4, 0.5) is 0 Å². The number of nitrogens with two attached hydrogens (primary N) is 1. The highest BCUT2D eigenvalue weighted by Crippen LogP contribution is 1.91. The highest BCUT2D eigenvalue weighted by molar-refractivity contribution is 5.87. The van der Waals surface area contributed by atoms with E-state index in [1.165, 1.54) is 0 Å². The number of nitrogens with one attached hydrogen (secondary N) is 2. The average Bonchev–Trinajstić information content (AvgIpc) is 2.15. The first-order chi connectivity index (χ1) is 6.97. The monoisotopic (exact) mass is 214 g/mol. The summed E-state index contributed by atoms with van der Waals surface area (Å²) in [5.41, 5.74) is 5.62. The molecule has 0 bridgehead atoms. The second-order valence-electron chi connectivity index (χ2n) is 3.88. The summed E-state index contributed by atoms with van der Waals surface area (Å²) in [4.78, 5) is 15.4. The van der Waals surface area contributed by atoms with Gasteiger partial charge in [-0.1, -0.05) is 13.8 Å². The fraction of sp³-hybridized carbons (Fsp3) is 0.800. The molecule has 0 aliphatic heterocycles. The third-order valence-electron chi connectivity index (χ3n) is 1.74. The average molecular weight is 214 g/mol. The predicted octanol–water partition coefficient (Wildman–Crippen LogP) is 0.0713. The Morgan fingerprint density at radius 1 is 1.40 bits per heavy atom. The first-order valence-corrected chi connectivity index (χ1v) is 5.31. The van der Waals surface area contributed by atoms with E-state index in [0.717, 1.165) is 0 Å². The van der Waals surface area contributed by atoms with Gasteiger partial charge in [-0.05, 0) is 19.8 Å². The van der Waals surface area contributed by atoms with E-state index in [1.807, 2.05) is 6.92 Å². The standard InChI is InChI=1S/C10H22N4O/c1-5-12-9(15)8(4)14-10(11)13-6-7(2)3/h7-8H,5-6H2,1-4H3,(H,12,15)(H3,11,13,14). The smallest absolute Gasteiger partial charge is 0.242 e. The number of guanidine groups is 1. The lowest BCUT2D eigenvalue weighted by Gasteiger charge is -2.13. The minimum Gasteiger partial charge on any atom is -0.370 e. The van der Waals surface area contributed by atoms with Gasteiger partial charge >= 0.3 is 0 Å². The van der Waals surface area contributed by atoms with Crippen molar-refractivity contribution in [2.24, 2.45) is 16.6 Å². The van der Waals surface area contributed by atoms with Crippen LogP contribution in [0.2, 0.25) is 0 Å². The van der Waals surface area contributed by atoms with Crippen LogP contribution in [0, 0.1) is 5.92 Å². The molecule has 0 aromatic carbocycles. The van der Waals surface area contributed by atoms with E-state index in [0.29, 0.717) is 25.0 Å². The molecule has 0 rings (SSSR count). The van der Waals surface area contributed by atoms with E-state index >= 15 is 0 Å². The predicted molar refractivity (Wildman–Crippen MR) is 62.6 cm³/mol. The molecule has 0 saturated carbocycles. The molecule has 0 aliphatic rings. The van der Waals surface area contributed by atoms with Crippen LogP contribution in [0.3, 0.4) is 0 Å². The number of rotatable bonds is 5. The maximum Gasteiger partial charge on any atom is 0.242 e. The zero-order valence-corrected chi connectivity index (χ0v) is 10.0. The van der Waals surface area contributed by atoms with Gasteiger partial charge in [-0.15, -0.1) is 0 Å². The van der Waals surface area contributed by atoms with Crippen LogP contribution < -0.4 is 16.4 Å². The zero-order valence-electron chi connectivity index (χ0n) is 10.0. The van der Waals surface area contributed by atoms with E-state index in [1.54, 1.807) is 6.92 Å². The quantitative estimate of drug-likeness (QED) is 0.447. The first kappa shape index (κ1) is 13.7. The second-order valence-corrected chi connectivity index (χ2v) is 3.88. The van der Waals surface area contributed by atoms with Crippen molar-refractivity contribution in [3.63, 3.8) is 0 Å². The normalized spacial score (nSPS) is 13.8. The molecule has 0 radical (unpaired) electrons. The van der Waals surface area contributed by atoms with Crippen LogP contribution >= 0.6 is 0 Å². The number of carbonyl (C=O) groups excluding carboxylic acids is 1. The fourth-order valence-corrected chi connectivity index (χ4v) is 0.941. The van der Waals surface area contributed by atoms with Crippen LogP contribution in [0.1, 0.15) is 27.7 Å². The van der Waals surface area contributed by atoms with Gasteiger partial charge in [0.05, 0.1) is 0 Å². The van der Waals surface area contributed by atoms with Gasteiger partial charge in [0.15, 0.2) is 5.96 Å². The molecule has 0 aromatic rings. The van der Waals surface area contributed by atoms with Gasteiger partial charge in [-0.2, -0.15) is 0 Å². The van der Waals surface area contributed by atoms with Gasteiger partial charge in [0.2, 0.25) is 5.91 Å². The summed E-state index contributed by atoms with van der Waals surface area (Å²) in [7, 11) is 0. The molecule has 88 valence electrons. The molecule has 1 unspecified atom stereocenters. The molecule has 1 amide bonds. The lowest BCUT2D eigenvalue weighted by molar-refractivity contribution is -0.122. The molecule has 15 heavy (non-hydrogen) atoms. The molecule has 0 aliphatic carbocycles. The number of amides is 1. The van der Waals surface area contributed by atoms with Crippen molar-refractivity contribution < 1.29 is 4.79 Å². The number of carbonyl (C=O) groups is 1. The highest BCUT2D eigenvalue weighted by Gasteiger charge is 2.11. The Morgan fingerprint density at radius 3 is 2.47 bits per heavy atom. The molecule has 5 nitrogen and oxygen atoms in total. The Bertz CT molecular complexity index is 225. The van der Waals surface area contributed by atoms with Gasteiger partial charge in [-0.3, -0.25) is 9.79 Å². The van der Waals surface area contributed by atoms with Crippen LogP contribution in [0.25, 0.3) is 0 Å². The molecule has 5 heteroatoms. The van der Waals surface area contributed by atoms with Crippen LogP contribution in [0.5, 0.6) is 0 Å². The van der Waals surface area contributed by atoms with Crippen molar-refractivity contribution in [2.45, 2.75) is 33.7 Å². The molecule has 0 heterocycles. The Kier molecular flexibility index (Phi) is 6.49. The van der Waals surface area contributed by atoms with E-state index in [2.05, 4.69) is 29.5 Å². The summed E-state index contributed by atoms with van der Waals surface area (Å²) in [5.74, 6) is 0.716. The van der Waals surface area contributed by atoms with E-state index < -0.39 is 0 Å². The van der Waals surface area contributed by atoms with Crippen LogP contribution in [-0.4, -0.2) is 31.0 Å². The van der Waals surface area contributed by atoms with Crippen molar-refractivity contribution in [2.75, 3.05) is 13.1 Å². The second kappa shape index (κ2) is 7.09. The largest absolute Gasteiger partial charge is 0.370 e. The molecular weight excluding hydrogens is 192 g/mol. The summed E-state index contributed by atoms with van der Waals surface area (Å²) >= 11 is 0. The van der Waals surface area contributed by atoms with Crippen molar-refractivity contribution in [1.82, 2.24) is 10.6 Å². The van der Waals surface area contributed by atoms with E-state index in [-0.39, 0.29) is 11.9 Å². The third kappa shape index (κ3) is 6.76. The molecule has 1 atom stereocenters. The Morgan fingerprint density at radius 2 is 2.00 bits per heavy atom. The number of aliphatic imine (C=N–C) groups is 1. The molecule has 0 aromatic heterocycles. The zero-order chi connectivity index (χ0) is 11.8. The van der Waals surface area contributed by atoms with Crippen molar-refractivity contribution >= 4 is 11.9 Å². The van der Waals surface area contributed by atoms with Gasteiger partial charge in [0, 0.05) is 13.1 Å².